The maximum atomic E-state index is 13.0. The Bertz CT molecular complexity index is 1050. The number of carbonyl (C=O) groups is 3. The molecule has 2 N–H and O–H groups in total. The predicted molar refractivity (Wildman–Crippen MR) is 116 cm³/mol. The van der Waals surface area contributed by atoms with Gasteiger partial charge in [-0.3, -0.25) is 19.8 Å². The lowest BCUT2D eigenvalue weighted by atomic mass is 10.1. The summed E-state index contributed by atoms with van der Waals surface area (Å²) in [5.41, 5.74) is 0.785. The van der Waals surface area contributed by atoms with Gasteiger partial charge in [0.05, 0.1) is 17.4 Å². The lowest BCUT2D eigenvalue weighted by Crippen LogP contribution is -2.54. The van der Waals surface area contributed by atoms with Crippen LogP contribution in [-0.2, 0) is 9.59 Å². The van der Waals surface area contributed by atoms with Crippen molar-refractivity contribution < 1.29 is 24.2 Å². The van der Waals surface area contributed by atoms with Gasteiger partial charge in [0.2, 0.25) is 0 Å². The maximum absolute atomic E-state index is 13.0. The first kappa shape index (κ1) is 21.2. The summed E-state index contributed by atoms with van der Waals surface area (Å²) < 4.78 is 5.73. The third-order valence-electron chi connectivity index (χ3n) is 4.56. The number of nitrogens with zero attached hydrogens (tertiary/aromatic N) is 1. The molecule has 30 heavy (non-hydrogen) atoms. The van der Waals surface area contributed by atoms with Crippen molar-refractivity contribution in [2.75, 3.05) is 4.90 Å². The van der Waals surface area contributed by atoms with Crippen LogP contribution in [0.15, 0.2) is 54.1 Å². The zero-order valence-corrected chi connectivity index (χ0v) is 17.2. The Labute approximate surface area is 179 Å². The Balaban J connectivity index is 1.90. The van der Waals surface area contributed by atoms with E-state index in [9.17, 15) is 19.5 Å². The van der Waals surface area contributed by atoms with E-state index in [-0.39, 0.29) is 28.0 Å². The highest BCUT2D eigenvalue weighted by molar-refractivity contribution is 7.80. The van der Waals surface area contributed by atoms with Crippen molar-refractivity contribution in [3.05, 3.63) is 65.2 Å². The van der Waals surface area contributed by atoms with Crippen LogP contribution in [0.25, 0.3) is 6.08 Å². The summed E-state index contributed by atoms with van der Waals surface area (Å²) in [6.07, 6.45) is 2.41. The standard InChI is InChI=1S/C22H20N2O5S/c1-3-13(2)29-17-9-7-14(8-10-17)11-18-19(25)23-22(30)24(20(18)26)16-6-4-5-15(12-16)21(27)28/h4-13H,3H2,1-2H3,(H,27,28)(H,23,25,30). The first-order valence-electron chi connectivity index (χ1n) is 9.31. The van der Waals surface area contributed by atoms with Crippen LogP contribution in [0.2, 0.25) is 0 Å². The van der Waals surface area contributed by atoms with Gasteiger partial charge in [-0.25, -0.2) is 4.79 Å². The molecule has 0 spiro atoms. The van der Waals surface area contributed by atoms with E-state index in [0.29, 0.717) is 11.3 Å². The summed E-state index contributed by atoms with van der Waals surface area (Å²) in [5, 5.41) is 11.6. The molecule has 3 rings (SSSR count). The zero-order valence-electron chi connectivity index (χ0n) is 16.4. The molecule has 0 aromatic heterocycles. The molecule has 0 bridgehead atoms. The fraction of sp³-hybridized carbons (Fsp3) is 0.182. The van der Waals surface area contributed by atoms with Crippen molar-refractivity contribution in [2.45, 2.75) is 26.4 Å². The first-order chi connectivity index (χ1) is 14.3. The average molecular weight is 424 g/mol. The molecule has 1 unspecified atom stereocenters. The second kappa shape index (κ2) is 8.87. The van der Waals surface area contributed by atoms with Crippen molar-refractivity contribution in [3.8, 4) is 5.75 Å². The van der Waals surface area contributed by atoms with Gasteiger partial charge in [0.1, 0.15) is 11.3 Å². The maximum Gasteiger partial charge on any atom is 0.335 e. The molecule has 1 saturated heterocycles. The summed E-state index contributed by atoms with van der Waals surface area (Å²) in [6, 6.07) is 12.8. The van der Waals surface area contributed by atoms with Gasteiger partial charge in [-0.05, 0) is 67.5 Å². The number of hydrogen-bond donors (Lipinski definition) is 2. The Kier molecular flexibility index (Phi) is 6.27. The monoisotopic (exact) mass is 424 g/mol. The van der Waals surface area contributed by atoms with E-state index in [4.69, 9.17) is 17.0 Å². The molecule has 1 aliphatic rings. The van der Waals surface area contributed by atoms with Crippen molar-refractivity contribution >= 4 is 46.9 Å². The van der Waals surface area contributed by atoms with E-state index in [2.05, 4.69) is 5.32 Å². The van der Waals surface area contributed by atoms with Crippen LogP contribution in [0.4, 0.5) is 5.69 Å². The lowest BCUT2D eigenvalue weighted by Gasteiger charge is -2.29. The minimum Gasteiger partial charge on any atom is -0.491 e. The van der Waals surface area contributed by atoms with E-state index >= 15 is 0 Å². The first-order valence-corrected chi connectivity index (χ1v) is 9.72. The number of thiocarbonyl (C=S) groups is 1. The highest BCUT2D eigenvalue weighted by atomic mass is 32.1. The van der Waals surface area contributed by atoms with Gasteiger partial charge >= 0.3 is 5.97 Å². The number of anilines is 1. The van der Waals surface area contributed by atoms with Crippen LogP contribution in [0.3, 0.4) is 0 Å². The van der Waals surface area contributed by atoms with Crippen LogP contribution < -0.4 is 15.0 Å². The van der Waals surface area contributed by atoms with Gasteiger partial charge in [0.25, 0.3) is 11.8 Å². The molecule has 1 fully saturated rings. The van der Waals surface area contributed by atoms with E-state index < -0.39 is 17.8 Å². The number of carbonyl (C=O) groups excluding carboxylic acids is 2. The number of carboxylic acid groups (broad SMARTS) is 1. The number of carboxylic acids is 1. The molecule has 0 radical (unpaired) electrons. The summed E-state index contributed by atoms with van der Waals surface area (Å²) in [4.78, 5) is 37.8. The smallest absolute Gasteiger partial charge is 0.335 e. The fourth-order valence-electron chi connectivity index (χ4n) is 2.79. The Morgan fingerprint density at radius 2 is 1.93 bits per heavy atom. The van der Waals surface area contributed by atoms with E-state index in [1.807, 2.05) is 13.8 Å². The summed E-state index contributed by atoms with van der Waals surface area (Å²) >= 11 is 5.14. The van der Waals surface area contributed by atoms with Gasteiger partial charge in [0, 0.05) is 0 Å². The second-order valence-electron chi connectivity index (χ2n) is 6.72. The third-order valence-corrected chi connectivity index (χ3v) is 4.84. The molecular formula is C22H20N2O5S. The summed E-state index contributed by atoms with van der Waals surface area (Å²) in [6.45, 7) is 4.00. The Hall–Kier alpha value is -3.52. The Morgan fingerprint density at radius 3 is 2.57 bits per heavy atom. The number of amides is 2. The number of hydrogen-bond acceptors (Lipinski definition) is 5. The fourth-order valence-corrected chi connectivity index (χ4v) is 3.08. The number of nitrogens with one attached hydrogen (secondary N) is 1. The van der Waals surface area contributed by atoms with Gasteiger partial charge in [-0.2, -0.15) is 0 Å². The van der Waals surface area contributed by atoms with E-state index in [1.54, 1.807) is 30.3 Å². The van der Waals surface area contributed by atoms with Crippen LogP contribution in [0.5, 0.6) is 5.75 Å². The topological polar surface area (TPSA) is 95.9 Å². The van der Waals surface area contributed by atoms with Crippen molar-refractivity contribution in [1.82, 2.24) is 5.32 Å². The molecule has 2 aromatic carbocycles. The van der Waals surface area contributed by atoms with Gasteiger partial charge < -0.3 is 9.84 Å². The van der Waals surface area contributed by atoms with Crippen molar-refractivity contribution in [3.63, 3.8) is 0 Å². The van der Waals surface area contributed by atoms with Crippen LogP contribution >= 0.6 is 12.2 Å². The summed E-state index contributed by atoms with van der Waals surface area (Å²) in [5.74, 6) is -1.69. The minimum absolute atomic E-state index is 0.00225. The average Bonchev–Trinajstić information content (AvgIpc) is 2.72. The second-order valence-corrected chi connectivity index (χ2v) is 7.11. The molecular weight excluding hydrogens is 404 g/mol. The SMILES string of the molecule is CCC(C)Oc1ccc(C=C2C(=O)NC(=S)N(c3cccc(C(=O)O)c3)C2=O)cc1. The largest absolute Gasteiger partial charge is 0.491 e. The number of rotatable bonds is 6. The molecule has 1 heterocycles. The molecule has 7 nitrogen and oxygen atoms in total. The van der Waals surface area contributed by atoms with Crippen LogP contribution in [0, 0.1) is 0 Å². The molecule has 1 atom stereocenters. The molecule has 8 heteroatoms. The van der Waals surface area contributed by atoms with Gasteiger partial charge in [-0.15, -0.1) is 0 Å². The van der Waals surface area contributed by atoms with E-state index in [0.717, 1.165) is 11.3 Å². The van der Waals surface area contributed by atoms with Crippen molar-refractivity contribution in [2.24, 2.45) is 0 Å². The molecule has 1 aliphatic heterocycles. The predicted octanol–water partition coefficient (Wildman–Crippen LogP) is 3.39. The highest BCUT2D eigenvalue weighted by Gasteiger charge is 2.34. The number of ether oxygens (including phenoxy) is 1. The molecule has 2 amide bonds. The van der Waals surface area contributed by atoms with E-state index in [1.165, 1.54) is 24.3 Å². The Morgan fingerprint density at radius 1 is 1.23 bits per heavy atom. The molecule has 0 aliphatic carbocycles. The van der Waals surface area contributed by atoms with Crippen LogP contribution in [-0.4, -0.2) is 34.1 Å². The zero-order chi connectivity index (χ0) is 21.8. The molecule has 154 valence electrons. The molecule has 0 saturated carbocycles. The summed E-state index contributed by atoms with van der Waals surface area (Å²) in [7, 11) is 0. The lowest BCUT2D eigenvalue weighted by molar-refractivity contribution is -0.122. The highest BCUT2D eigenvalue weighted by Crippen LogP contribution is 2.24. The third kappa shape index (κ3) is 4.55. The normalized spacial score (nSPS) is 16.4. The quantitative estimate of drug-likeness (QED) is 0.419. The number of benzene rings is 2. The minimum atomic E-state index is -1.13. The van der Waals surface area contributed by atoms with Gasteiger partial charge in [0.15, 0.2) is 5.11 Å². The van der Waals surface area contributed by atoms with Crippen LogP contribution in [0.1, 0.15) is 36.2 Å². The van der Waals surface area contributed by atoms with Gasteiger partial charge in [-0.1, -0.05) is 25.1 Å². The molecule has 2 aromatic rings. The number of aromatic carboxylic acids is 1. The van der Waals surface area contributed by atoms with Crippen molar-refractivity contribution in [1.29, 1.82) is 0 Å².